The Labute approximate surface area is 127 Å². The average molecular weight is 290 g/mol. The summed E-state index contributed by atoms with van der Waals surface area (Å²) in [5.74, 6) is 2.85. The van der Waals surface area contributed by atoms with Crippen molar-refractivity contribution in [1.82, 2.24) is 9.80 Å². The van der Waals surface area contributed by atoms with E-state index in [1.165, 1.54) is 38.0 Å². The summed E-state index contributed by atoms with van der Waals surface area (Å²) in [7, 11) is 3.45. The minimum atomic E-state index is 0.901. The fraction of sp³-hybridized carbons (Fsp3) is 0.647. The van der Waals surface area contributed by atoms with Gasteiger partial charge < -0.3 is 14.4 Å². The molecule has 3 rings (SSSR count). The average Bonchev–Trinajstić information content (AvgIpc) is 3.33. The first-order valence-electron chi connectivity index (χ1n) is 7.94. The maximum Gasteiger partial charge on any atom is 0.123 e. The molecule has 2 aliphatic rings. The number of hydrogen-bond donors (Lipinski definition) is 0. The Balaban J connectivity index is 1.56. The second-order valence-electron chi connectivity index (χ2n) is 6.20. The number of ether oxygens (including phenoxy) is 2. The van der Waals surface area contributed by atoms with Gasteiger partial charge in [0.05, 0.1) is 14.2 Å². The third-order valence-electron chi connectivity index (χ3n) is 4.56. The standard InChI is InChI=1S/C17H26N2O2/c1-20-16-5-6-17(21-2)15(11-16)13-19-9-7-18(8-10-19)12-14-3-4-14/h5-6,11,14H,3-4,7-10,12-13H2,1-2H3. The summed E-state index contributed by atoms with van der Waals surface area (Å²) < 4.78 is 10.8. The molecule has 0 spiro atoms. The van der Waals surface area contributed by atoms with Crippen molar-refractivity contribution in [2.24, 2.45) is 5.92 Å². The van der Waals surface area contributed by atoms with Crippen LogP contribution < -0.4 is 9.47 Å². The summed E-state index contributed by atoms with van der Waals surface area (Å²) >= 11 is 0. The molecule has 0 unspecified atom stereocenters. The third kappa shape index (κ3) is 3.89. The Morgan fingerprint density at radius 1 is 1.00 bits per heavy atom. The van der Waals surface area contributed by atoms with Crippen LogP contribution in [0.4, 0.5) is 0 Å². The molecule has 1 saturated heterocycles. The van der Waals surface area contributed by atoms with Gasteiger partial charge in [0.2, 0.25) is 0 Å². The number of rotatable bonds is 6. The molecule has 2 fully saturated rings. The third-order valence-corrected chi connectivity index (χ3v) is 4.56. The molecule has 1 aromatic rings. The van der Waals surface area contributed by atoms with Gasteiger partial charge in [-0.1, -0.05) is 0 Å². The molecular weight excluding hydrogens is 264 g/mol. The molecule has 116 valence electrons. The van der Waals surface area contributed by atoms with E-state index in [9.17, 15) is 0 Å². The molecule has 1 saturated carbocycles. The lowest BCUT2D eigenvalue weighted by atomic mass is 10.1. The van der Waals surface area contributed by atoms with Gasteiger partial charge in [0.15, 0.2) is 0 Å². The van der Waals surface area contributed by atoms with Crippen LogP contribution in [-0.2, 0) is 6.54 Å². The van der Waals surface area contributed by atoms with E-state index in [1.807, 2.05) is 12.1 Å². The molecule has 1 heterocycles. The Morgan fingerprint density at radius 2 is 1.71 bits per heavy atom. The van der Waals surface area contributed by atoms with Crippen molar-refractivity contribution in [1.29, 1.82) is 0 Å². The topological polar surface area (TPSA) is 24.9 Å². The predicted octanol–water partition coefficient (Wildman–Crippen LogP) is 2.23. The van der Waals surface area contributed by atoms with Gasteiger partial charge in [0.1, 0.15) is 11.5 Å². The van der Waals surface area contributed by atoms with E-state index in [0.29, 0.717) is 0 Å². The first-order chi connectivity index (χ1) is 10.3. The Hall–Kier alpha value is -1.26. The zero-order valence-corrected chi connectivity index (χ0v) is 13.2. The van der Waals surface area contributed by atoms with Crippen LogP contribution in [0.15, 0.2) is 18.2 Å². The van der Waals surface area contributed by atoms with Gasteiger partial charge >= 0.3 is 0 Å². The Bertz CT molecular complexity index is 466. The second-order valence-corrected chi connectivity index (χ2v) is 6.20. The Morgan fingerprint density at radius 3 is 2.33 bits per heavy atom. The van der Waals surface area contributed by atoms with E-state index in [4.69, 9.17) is 9.47 Å². The molecule has 0 radical (unpaired) electrons. The van der Waals surface area contributed by atoms with Crippen LogP contribution in [0, 0.1) is 5.92 Å². The highest BCUT2D eigenvalue weighted by Crippen LogP contribution is 2.30. The second kappa shape index (κ2) is 6.67. The fourth-order valence-corrected chi connectivity index (χ4v) is 3.04. The van der Waals surface area contributed by atoms with Gasteiger partial charge in [-0.15, -0.1) is 0 Å². The molecule has 0 aromatic heterocycles. The summed E-state index contributed by atoms with van der Waals surface area (Å²) in [6, 6.07) is 6.04. The van der Waals surface area contributed by atoms with Gasteiger partial charge in [-0.3, -0.25) is 4.90 Å². The van der Waals surface area contributed by atoms with E-state index < -0.39 is 0 Å². The normalized spacial score (nSPS) is 20.5. The van der Waals surface area contributed by atoms with Crippen molar-refractivity contribution >= 4 is 0 Å². The maximum atomic E-state index is 5.48. The largest absolute Gasteiger partial charge is 0.497 e. The number of piperazine rings is 1. The van der Waals surface area contributed by atoms with Crippen LogP contribution >= 0.6 is 0 Å². The molecule has 1 aliphatic carbocycles. The van der Waals surface area contributed by atoms with E-state index in [2.05, 4.69) is 15.9 Å². The molecule has 21 heavy (non-hydrogen) atoms. The van der Waals surface area contributed by atoms with E-state index in [1.54, 1.807) is 14.2 Å². The first kappa shape index (κ1) is 14.7. The van der Waals surface area contributed by atoms with Crippen molar-refractivity contribution in [3.63, 3.8) is 0 Å². The van der Waals surface area contributed by atoms with E-state index in [0.717, 1.165) is 37.1 Å². The molecule has 0 amide bonds. The molecular formula is C17H26N2O2. The van der Waals surface area contributed by atoms with Crippen LogP contribution in [0.1, 0.15) is 18.4 Å². The summed E-state index contributed by atoms with van der Waals surface area (Å²) in [5.41, 5.74) is 1.22. The van der Waals surface area contributed by atoms with Gasteiger partial charge in [-0.25, -0.2) is 0 Å². The fourth-order valence-electron chi connectivity index (χ4n) is 3.04. The molecule has 0 atom stereocenters. The van der Waals surface area contributed by atoms with Gasteiger partial charge in [-0.05, 0) is 37.0 Å². The van der Waals surface area contributed by atoms with Crippen LogP contribution in [-0.4, -0.2) is 56.7 Å². The van der Waals surface area contributed by atoms with Crippen LogP contribution in [0.5, 0.6) is 11.5 Å². The maximum absolute atomic E-state index is 5.48. The molecule has 4 heteroatoms. The lowest BCUT2D eigenvalue weighted by molar-refractivity contribution is 0.122. The summed E-state index contributed by atoms with van der Waals surface area (Å²) in [4.78, 5) is 5.14. The number of benzene rings is 1. The summed E-state index contributed by atoms with van der Waals surface area (Å²) in [6.07, 6.45) is 2.89. The first-order valence-corrected chi connectivity index (χ1v) is 7.94. The van der Waals surface area contributed by atoms with Gasteiger partial charge in [-0.2, -0.15) is 0 Å². The molecule has 4 nitrogen and oxygen atoms in total. The zero-order chi connectivity index (χ0) is 14.7. The van der Waals surface area contributed by atoms with Crippen LogP contribution in [0.25, 0.3) is 0 Å². The highest BCUT2D eigenvalue weighted by atomic mass is 16.5. The Kier molecular flexibility index (Phi) is 4.66. The highest BCUT2D eigenvalue weighted by molar-refractivity contribution is 5.40. The number of hydrogen-bond acceptors (Lipinski definition) is 4. The quantitative estimate of drug-likeness (QED) is 0.802. The van der Waals surface area contributed by atoms with E-state index >= 15 is 0 Å². The van der Waals surface area contributed by atoms with Gasteiger partial charge in [0, 0.05) is 44.8 Å². The van der Waals surface area contributed by atoms with Crippen molar-refractivity contribution in [3.8, 4) is 11.5 Å². The predicted molar refractivity (Wildman–Crippen MR) is 84.0 cm³/mol. The molecule has 1 aliphatic heterocycles. The minimum absolute atomic E-state index is 0.901. The SMILES string of the molecule is COc1ccc(OC)c(CN2CCN(CC3CC3)CC2)c1. The van der Waals surface area contributed by atoms with Crippen molar-refractivity contribution in [2.45, 2.75) is 19.4 Å². The van der Waals surface area contributed by atoms with Gasteiger partial charge in [0.25, 0.3) is 0 Å². The van der Waals surface area contributed by atoms with Crippen molar-refractivity contribution in [3.05, 3.63) is 23.8 Å². The monoisotopic (exact) mass is 290 g/mol. The smallest absolute Gasteiger partial charge is 0.123 e. The van der Waals surface area contributed by atoms with E-state index in [-0.39, 0.29) is 0 Å². The lowest BCUT2D eigenvalue weighted by Crippen LogP contribution is -2.46. The lowest BCUT2D eigenvalue weighted by Gasteiger charge is -2.35. The number of nitrogens with zero attached hydrogens (tertiary/aromatic N) is 2. The molecule has 0 bridgehead atoms. The summed E-state index contributed by atoms with van der Waals surface area (Å²) in [6.45, 7) is 6.94. The zero-order valence-electron chi connectivity index (χ0n) is 13.2. The van der Waals surface area contributed by atoms with Crippen molar-refractivity contribution in [2.75, 3.05) is 46.9 Å². The van der Waals surface area contributed by atoms with Crippen molar-refractivity contribution < 1.29 is 9.47 Å². The minimum Gasteiger partial charge on any atom is -0.497 e. The summed E-state index contributed by atoms with van der Waals surface area (Å²) in [5, 5.41) is 0. The van der Waals surface area contributed by atoms with Crippen LogP contribution in [0.3, 0.4) is 0 Å². The molecule has 0 N–H and O–H groups in total. The number of methoxy groups -OCH3 is 2. The molecule has 1 aromatic carbocycles. The van der Waals surface area contributed by atoms with Crippen LogP contribution in [0.2, 0.25) is 0 Å². The highest BCUT2D eigenvalue weighted by Gasteiger charge is 2.26.